The van der Waals surface area contributed by atoms with Crippen molar-refractivity contribution in [3.05, 3.63) is 24.3 Å². The Morgan fingerprint density at radius 3 is 2.17 bits per heavy atom. The maximum atomic E-state index is 12.6. The highest BCUT2D eigenvalue weighted by atomic mass is 32.2. The molecule has 0 radical (unpaired) electrons. The Bertz CT molecular complexity index is 820. The van der Waals surface area contributed by atoms with Crippen molar-refractivity contribution >= 4 is 22.0 Å². The molecule has 0 atom stereocenters. The van der Waals surface area contributed by atoms with Gasteiger partial charge in [-0.25, -0.2) is 4.79 Å². The summed E-state index contributed by atoms with van der Waals surface area (Å²) < 4.78 is 78.7. The molecular weight excluding hydrogens is 431 g/mol. The number of halogens is 3. The number of anilines is 1. The molecular formula is C17H22F3N3O6S. The molecule has 0 aliphatic carbocycles. The maximum absolute atomic E-state index is 12.6. The first-order chi connectivity index (χ1) is 14.1. The monoisotopic (exact) mass is 453 g/mol. The summed E-state index contributed by atoms with van der Waals surface area (Å²) in [7, 11) is -3.56. The van der Waals surface area contributed by atoms with Gasteiger partial charge in [0.15, 0.2) is 0 Å². The largest absolute Gasteiger partial charge is 0.573 e. The smallest absolute Gasteiger partial charge is 0.446 e. The van der Waals surface area contributed by atoms with Crippen molar-refractivity contribution in [1.29, 1.82) is 0 Å². The second-order valence-corrected chi connectivity index (χ2v) is 8.65. The van der Waals surface area contributed by atoms with Crippen molar-refractivity contribution in [2.24, 2.45) is 0 Å². The first kappa shape index (κ1) is 22.6. The number of morpholine rings is 1. The molecule has 2 saturated heterocycles. The summed E-state index contributed by atoms with van der Waals surface area (Å²) in [5, 5.41) is 2.42. The molecule has 1 N–H and O–H groups in total. The number of nitrogens with one attached hydrogen (secondary N) is 1. The van der Waals surface area contributed by atoms with E-state index in [9.17, 15) is 26.4 Å². The zero-order valence-corrected chi connectivity index (χ0v) is 16.7. The Morgan fingerprint density at radius 1 is 1.03 bits per heavy atom. The van der Waals surface area contributed by atoms with Gasteiger partial charge in [0.05, 0.1) is 13.2 Å². The Morgan fingerprint density at radius 2 is 1.60 bits per heavy atom. The summed E-state index contributed by atoms with van der Waals surface area (Å²) in [5.41, 5.74) is 0.238. The SMILES string of the molecule is O=C(Nc1ccc(OC(F)(F)F)cc1)OC1CCN(S(=O)(=O)N2CCOCC2)CC1. The number of hydrogen-bond acceptors (Lipinski definition) is 6. The first-order valence-corrected chi connectivity index (χ1v) is 10.7. The van der Waals surface area contributed by atoms with Gasteiger partial charge in [0, 0.05) is 31.9 Å². The normalized spacial score (nSPS) is 20.0. The summed E-state index contributed by atoms with van der Waals surface area (Å²) in [5.74, 6) is -0.407. The summed E-state index contributed by atoms with van der Waals surface area (Å²) in [4.78, 5) is 12.0. The van der Waals surface area contributed by atoms with Crippen molar-refractivity contribution in [3.63, 3.8) is 0 Å². The number of piperidine rings is 1. The van der Waals surface area contributed by atoms with Crippen LogP contribution in [-0.2, 0) is 19.7 Å². The maximum Gasteiger partial charge on any atom is 0.573 e. The molecule has 30 heavy (non-hydrogen) atoms. The van der Waals surface area contributed by atoms with Gasteiger partial charge in [-0.15, -0.1) is 13.2 Å². The predicted molar refractivity (Wildman–Crippen MR) is 99.1 cm³/mol. The molecule has 2 fully saturated rings. The Hall–Kier alpha value is -2.09. The van der Waals surface area contributed by atoms with Crippen LogP contribution < -0.4 is 10.1 Å². The fraction of sp³-hybridized carbons (Fsp3) is 0.588. The summed E-state index contributed by atoms with van der Waals surface area (Å²) in [6.07, 6.45) is -5.34. The number of ether oxygens (including phenoxy) is 3. The van der Waals surface area contributed by atoms with E-state index in [1.54, 1.807) is 0 Å². The van der Waals surface area contributed by atoms with Crippen LogP contribution in [0.15, 0.2) is 24.3 Å². The third-order valence-corrected chi connectivity index (χ3v) is 6.67. The molecule has 1 aromatic rings. The number of carbonyl (C=O) groups excluding carboxylic acids is 1. The lowest BCUT2D eigenvalue weighted by Crippen LogP contribution is -2.51. The molecule has 2 aliphatic rings. The average Bonchev–Trinajstić information content (AvgIpc) is 2.69. The van der Waals surface area contributed by atoms with Crippen LogP contribution in [0.1, 0.15) is 12.8 Å². The third-order valence-electron chi connectivity index (χ3n) is 4.63. The molecule has 2 aliphatic heterocycles. The van der Waals surface area contributed by atoms with Gasteiger partial charge in [-0.2, -0.15) is 17.0 Å². The van der Waals surface area contributed by atoms with E-state index in [0.717, 1.165) is 12.1 Å². The summed E-state index contributed by atoms with van der Waals surface area (Å²) in [6, 6.07) is 4.63. The van der Waals surface area contributed by atoms with Crippen LogP contribution in [0.2, 0.25) is 0 Å². The summed E-state index contributed by atoms with van der Waals surface area (Å²) in [6.45, 7) is 1.80. The zero-order chi connectivity index (χ0) is 21.8. The van der Waals surface area contributed by atoms with Crippen LogP contribution in [0.25, 0.3) is 0 Å². The Kier molecular flexibility index (Phi) is 7.06. The van der Waals surface area contributed by atoms with Crippen LogP contribution in [-0.4, -0.2) is 75.0 Å². The number of benzene rings is 1. The number of rotatable bonds is 5. The highest BCUT2D eigenvalue weighted by molar-refractivity contribution is 7.86. The van der Waals surface area contributed by atoms with Crippen molar-refractivity contribution in [3.8, 4) is 5.75 Å². The standard InChI is InChI=1S/C17H22F3N3O6S/c18-17(19,20)29-15-3-1-13(2-4-15)21-16(24)28-14-5-7-22(8-6-14)30(25,26)23-9-11-27-12-10-23/h1-4,14H,5-12H2,(H,21,24). The van der Waals surface area contributed by atoms with E-state index >= 15 is 0 Å². The van der Waals surface area contributed by atoms with Gasteiger partial charge in [0.2, 0.25) is 0 Å². The van der Waals surface area contributed by atoms with E-state index in [0.29, 0.717) is 39.1 Å². The molecule has 0 unspecified atom stereocenters. The number of carbonyl (C=O) groups is 1. The molecule has 0 aromatic heterocycles. The molecule has 1 amide bonds. The minimum Gasteiger partial charge on any atom is -0.446 e. The van der Waals surface area contributed by atoms with Crippen LogP contribution in [0.5, 0.6) is 5.75 Å². The fourth-order valence-corrected chi connectivity index (χ4v) is 4.77. The number of hydrogen-bond donors (Lipinski definition) is 1. The molecule has 0 spiro atoms. The van der Waals surface area contributed by atoms with Gasteiger partial charge in [-0.1, -0.05) is 0 Å². The minimum absolute atomic E-state index is 0.223. The van der Waals surface area contributed by atoms with Gasteiger partial charge < -0.3 is 14.2 Å². The van der Waals surface area contributed by atoms with E-state index in [2.05, 4.69) is 10.1 Å². The molecule has 2 heterocycles. The quantitative estimate of drug-likeness (QED) is 0.734. The van der Waals surface area contributed by atoms with E-state index < -0.39 is 34.5 Å². The average molecular weight is 453 g/mol. The summed E-state index contributed by atoms with van der Waals surface area (Å²) >= 11 is 0. The van der Waals surface area contributed by atoms with Crippen molar-refractivity contribution in [2.75, 3.05) is 44.7 Å². The van der Waals surface area contributed by atoms with Crippen LogP contribution in [0, 0.1) is 0 Å². The predicted octanol–water partition coefficient (Wildman–Crippen LogP) is 2.18. The number of amides is 1. The van der Waals surface area contributed by atoms with Crippen molar-refractivity contribution in [2.45, 2.75) is 25.3 Å². The molecule has 0 bridgehead atoms. The second kappa shape index (κ2) is 9.37. The highest BCUT2D eigenvalue weighted by Gasteiger charge is 2.35. The lowest BCUT2D eigenvalue weighted by molar-refractivity contribution is -0.274. The van der Waals surface area contributed by atoms with Gasteiger partial charge in [-0.05, 0) is 37.1 Å². The number of alkyl halides is 3. The van der Waals surface area contributed by atoms with Crippen LogP contribution >= 0.6 is 0 Å². The Balaban J connectivity index is 1.45. The lowest BCUT2D eigenvalue weighted by Gasteiger charge is -2.35. The second-order valence-electron chi connectivity index (χ2n) is 6.72. The minimum atomic E-state index is -4.79. The van der Waals surface area contributed by atoms with Crippen LogP contribution in [0.4, 0.5) is 23.7 Å². The van der Waals surface area contributed by atoms with E-state index in [4.69, 9.17) is 9.47 Å². The molecule has 0 saturated carbocycles. The van der Waals surface area contributed by atoms with Gasteiger partial charge >= 0.3 is 12.5 Å². The molecule has 1 aromatic carbocycles. The number of nitrogens with zero attached hydrogens (tertiary/aromatic N) is 2. The van der Waals surface area contributed by atoms with E-state index in [-0.39, 0.29) is 18.8 Å². The van der Waals surface area contributed by atoms with Gasteiger partial charge in [0.25, 0.3) is 10.2 Å². The molecule has 3 rings (SSSR count). The zero-order valence-electron chi connectivity index (χ0n) is 15.9. The van der Waals surface area contributed by atoms with Crippen molar-refractivity contribution in [1.82, 2.24) is 8.61 Å². The Labute approximate surface area is 171 Å². The molecule has 168 valence electrons. The van der Waals surface area contributed by atoms with E-state index in [1.807, 2.05) is 0 Å². The van der Waals surface area contributed by atoms with E-state index in [1.165, 1.54) is 20.7 Å². The fourth-order valence-electron chi connectivity index (χ4n) is 3.16. The van der Waals surface area contributed by atoms with Gasteiger partial charge in [-0.3, -0.25) is 5.32 Å². The van der Waals surface area contributed by atoms with Crippen molar-refractivity contribution < 1.29 is 40.6 Å². The van der Waals surface area contributed by atoms with Gasteiger partial charge in [0.1, 0.15) is 11.9 Å². The molecule has 9 nitrogen and oxygen atoms in total. The topological polar surface area (TPSA) is 97.4 Å². The highest BCUT2D eigenvalue weighted by Crippen LogP contribution is 2.24. The first-order valence-electron chi connectivity index (χ1n) is 9.30. The lowest BCUT2D eigenvalue weighted by atomic mass is 10.1. The third kappa shape index (κ3) is 6.20. The molecule has 13 heteroatoms. The van der Waals surface area contributed by atoms with Crippen LogP contribution in [0.3, 0.4) is 0 Å².